The number of carboxylic acid groups (broad SMARTS) is 1. The zero-order valence-electron chi connectivity index (χ0n) is 12.4. The molecule has 1 N–H and O–H groups in total. The second kappa shape index (κ2) is 7.68. The highest BCUT2D eigenvalue weighted by Crippen LogP contribution is 2.24. The molecule has 0 aliphatic heterocycles. The molecule has 1 aromatic carbocycles. The van der Waals surface area contributed by atoms with Crippen LogP contribution in [0, 0.1) is 13.8 Å². The number of aryl methyl sites for hydroxylation is 2. The van der Waals surface area contributed by atoms with Crippen LogP contribution in [-0.2, 0) is 4.79 Å². The molecule has 0 bridgehead atoms. The smallest absolute Gasteiger partial charge is 0.303 e. The van der Waals surface area contributed by atoms with Gasteiger partial charge in [-0.2, -0.15) is 0 Å². The molecule has 20 heavy (non-hydrogen) atoms. The van der Waals surface area contributed by atoms with Crippen molar-refractivity contribution in [2.75, 3.05) is 6.61 Å². The lowest BCUT2D eigenvalue weighted by Gasteiger charge is -2.12. The molecule has 0 radical (unpaired) electrons. The summed E-state index contributed by atoms with van der Waals surface area (Å²) in [6.07, 6.45) is 1.61. The standard InChI is InChI=1S/C16H22O4/c1-4-8-20-15-10-11(2)13(9-12(15)3)14(17)6-5-7-16(18)19/h9-10H,4-8H2,1-3H3,(H,18,19). The molecule has 0 aliphatic carbocycles. The van der Waals surface area contributed by atoms with E-state index in [0.29, 0.717) is 18.6 Å². The van der Waals surface area contributed by atoms with Crippen molar-refractivity contribution in [2.45, 2.75) is 46.5 Å². The Kier molecular flexibility index (Phi) is 6.22. The summed E-state index contributed by atoms with van der Waals surface area (Å²) in [6, 6.07) is 3.72. The van der Waals surface area contributed by atoms with Crippen LogP contribution in [0.2, 0.25) is 0 Å². The fourth-order valence-corrected chi connectivity index (χ4v) is 1.99. The molecule has 0 unspecified atom stereocenters. The number of carboxylic acids is 1. The first-order chi connectivity index (χ1) is 9.45. The van der Waals surface area contributed by atoms with Gasteiger partial charge in [0.1, 0.15) is 5.75 Å². The molecule has 0 heterocycles. The highest BCUT2D eigenvalue weighted by atomic mass is 16.5. The van der Waals surface area contributed by atoms with Crippen molar-refractivity contribution in [1.29, 1.82) is 0 Å². The molecule has 4 heteroatoms. The average molecular weight is 278 g/mol. The second-order valence-corrected chi connectivity index (χ2v) is 4.95. The predicted molar refractivity (Wildman–Crippen MR) is 77.5 cm³/mol. The van der Waals surface area contributed by atoms with Crippen molar-refractivity contribution in [2.24, 2.45) is 0 Å². The number of hydrogen-bond donors (Lipinski definition) is 1. The molecule has 1 aromatic rings. The maximum absolute atomic E-state index is 12.1. The zero-order valence-corrected chi connectivity index (χ0v) is 12.4. The Balaban J connectivity index is 2.77. The fraction of sp³-hybridized carbons (Fsp3) is 0.500. The lowest BCUT2D eigenvalue weighted by molar-refractivity contribution is -0.137. The first kappa shape index (κ1) is 16.2. The van der Waals surface area contributed by atoms with Crippen LogP contribution in [0.1, 0.15) is 54.1 Å². The summed E-state index contributed by atoms with van der Waals surface area (Å²) in [5.41, 5.74) is 2.48. The van der Waals surface area contributed by atoms with E-state index in [1.807, 2.05) is 32.9 Å². The first-order valence-corrected chi connectivity index (χ1v) is 6.94. The Morgan fingerprint density at radius 3 is 2.45 bits per heavy atom. The van der Waals surface area contributed by atoms with Gasteiger partial charge in [-0.3, -0.25) is 9.59 Å². The van der Waals surface area contributed by atoms with E-state index in [1.54, 1.807) is 0 Å². The Morgan fingerprint density at radius 2 is 1.85 bits per heavy atom. The fourth-order valence-electron chi connectivity index (χ4n) is 1.99. The van der Waals surface area contributed by atoms with Crippen molar-refractivity contribution in [3.8, 4) is 5.75 Å². The molecule has 0 spiro atoms. The van der Waals surface area contributed by atoms with Gasteiger partial charge in [-0.15, -0.1) is 0 Å². The molecule has 0 atom stereocenters. The van der Waals surface area contributed by atoms with Crippen LogP contribution in [0.5, 0.6) is 5.75 Å². The number of rotatable bonds is 8. The molecule has 4 nitrogen and oxygen atoms in total. The topological polar surface area (TPSA) is 63.6 Å². The molecule has 0 aromatic heterocycles. The minimum absolute atomic E-state index is 0.00566. The third-order valence-corrected chi connectivity index (χ3v) is 3.08. The quantitative estimate of drug-likeness (QED) is 0.739. The van der Waals surface area contributed by atoms with Crippen molar-refractivity contribution < 1.29 is 19.4 Å². The molecule has 0 fully saturated rings. The lowest BCUT2D eigenvalue weighted by Crippen LogP contribution is -2.06. The van der Waals surface area contributed by atoms with Gasteiger partial charge in [-0.1, -0.05) is 6.92 Å². The van der Waals surface area contributed by atoms with Crippen molar-refractivity contribution in [1.82, 2.24) is 0 Å². The maximum atomic E-state index is 12.1. The van der Waals surface area contributed by atoms with E-state index in [4.69, 9.17) is 9.84 Å². The van der Waals surface area contributed by atoms with E-state index in [-0.39, 0.29) is 18.6 Å². The summed E-state index contributed by atoms with van der Waals surface area (Å²) in [5.74, 6) is -0.0608. The summed E-state index contributed by atoms with van der Waals surface area (Å²) in [7, 11) is 0. The van der Waals surface area contributed by atoms with Crippen LogP contribution in [0.25, 0.3) is 0 Å². The van der Waals surface area contributed by atoms with Crippen molar-refractivity contribution >= 4 is 11.8 Å². The van der Waals surface area contributed by atoms with Gasteiger partial charge in [0, 0.05) is 18.4 Å². The first-order valence-electron chi connectivity index (χ1n) is 6.94. The van der Waals surface area contributed by atoms with E-state index in [0.717, 1.165) is 23.3 Å². The molecular formula is C16H22O4. The van der Waals surface area contributed by atoms with Crippen LogP contribution in [0.4, 0.5) is 0 Å². The molecule has 0 amide bonds. The molecule has 0 saturated carbocycles. The highest BCUT2D eigenvalue weighted by Gasteiger charge is 2.13. The third-order valence-electron chi connectivity index (χ3n) is 3.08. The normalized spacial score (nSPS) is 10.3. The second-order valence-electron chi connectivity index (χ2n) is 4.95. The van der Waals surface area contributed by atoms with E-state index in [9.17, 15) is 9.59 Å². The number of ketones is 1. The number of benzene rings is 1. The summed E-state index contributed by atoms with van der Waals surface area (Å²) in [5, 5.41) is 8.59. The number of aliphatic carboxylic acids is 1. The number of hydrogen-bond acceptors (Lipinski definition) is 3. The van der Waals surface area contributed by atoms with E-state index in [2.05, 4.69) is 0 Å². The van der Waals surface area contributed by atoms with Gasteiger partial charge in [-0.25, -0.2) is 0 Å². The van der Waals surface area contributed by atoms with Gasteiger partial charge in [0.2, 0.25) is 0 Å². The van der Waals surface area contributed by atoms with Gasteiger partial charge in [0.25, 0.3) is 0 Å². The SMILES string of the molecule is CCCOc1cc(C)c(C(=O)CCCC(=O)O)cc1C. The van der Waals surface area contributed by atoms with Crippen molar-refractivity contribution in [3.05, 3.63) is 28.8 Å². The Bertz CT molecular complexity index is 491. The summed E-state index contributed by atoms with van der Waals surface area (Å²) >= 11 is 0. The number of carbonyl (C=O) groups excluding carboxylic acids is 1. The van der Waals surface area contributed by atoms with Gasteiger partial charge < -0.3 is 9.84 Å². The van der Waals surface area contributed by atoms with Crippen LogP contribution in [-0.4, -0.2) is 23.5 Å². The van der Waals surface area contributed by atoms with Gasteiger partial charge in [0.05, 0.1) is 6.61 Å². The highest BCUT2D eigenvalue weighted by molar-refractivity contribution is 5.98. The van der Waals surface area contributed by atoms with E-state index < -0.39 is 5.97 Å². The van der Waals surface area contributed by atoms with E-state index >= 15 is 0 Å². The summed E-state index contributed by atoms with van der Waals surface area (Å²) < 4.78 is 5.63. The van der Waals surface area contributed by atoms with E-state index in [1.165, 1.54) is 0 Å². The number of ether oxygens (including phenoxy) is 1. The van der Waals surface area contributed by atoms with Crippen LogP contribution in [0.15, 0.2) is 12.1 Å². The Morgan fingerprint density at radius 1 is 1.15 bits per heavy atom. The minimum Gasteiger partial charge on any atom is -0.493 e. The summed E-state index contributed by atoms with van der Waals surface area (Å²) in [4.78, 5) is 22.5. The monoisotopic (exact) mass is 278 g/mol. The Hall–Kier alpha value is -1.84. The third kappa shape index (κ3) is 4.68. The minimum atomic E-state index is -0.867. The molecule has 1 rings (SSSR count). The van der Waals surface area contributed by atoms with Gasteiger partial charge in [0.15, 0.2) is 5.78 Å². The predicted octanol–water partition coefficient (Wildman–Crippen LogP) is 3.53. The van der Waals surface area contributed by atoms with Crippen LogP contribution in [0.3, 0.4) is 0 Å². The lowest BCUT2D eigenvalue weighted by atomic mass is 9.98. The van der Waals surface area contributed by atoms with Gasteiger partial charge >= 0.3 is 5.97 Å². The molecule has 110 valence electrons. The molecule has 0 saturated heterocycles. The van der Waals surface area contributed by atoms with Crippen LogP contribution >= 0.6 is 0 Å². The van der Waals surface area contributed by atoms with Gasteiger partial charge in [-0.05, 0) is 49.9 Å². The summed E-state index contributed by atoms with van der Waals surface area (Å²) in [6.45, 7) is 6.50. The van der Waals surface area contributed by atoms with Crippen LogP contribution < -0.4 is 4.74 Å². The van der Waals surface area contributed by atoms with Crippen molar-refractivity contribution in [3.63, 3.8) is 0 Å². The number of carbonyl (C=O) groups is 2. The Labute approximate surface area is 119 Å². The molecular weight excluding hydrogens is 256 g/mol. The largest absolute Gasteiger partial charge is 0.493 e. The molecule has 0 aliphatic rings. The maximum Gasteiger partial charge on any atom is 0.303 e. The number of Topliss-reactive ketones (excluding diaryl/α,β-unsaturated/α-hetero) is 1. The average Bonchev–Trinajstić information content (AvgIpc) is 2.38. The zero-order chi connectivity index (χ0) is 15.1.